The normalized spacial score (nSPS) is 15.1. The molecule has 0 atom stereocenters. The van der Waals surface area contributed by atoms with Crippen LogP contribution in [-0.4, -0.2) is 42.9 Å². The van der Waals surface area contributed by atoms with Gasteiger partial charge in [-0.05, 0) is 55.4 Å². The standard InChI is InChI=1S/C22H22ClNO5S/c1-4-28-19-13-17(23)15(11-18(19)27-3)12-20-21(25)24(22(26)30-20)9-10-29-16-7-5-14(2)6-8-16/h5-8,11-13H,4,9-10H2,1-3H3/b20-12-. The van der Waals surface area contributed by atoms with Gasteiger partial charge in [0.05, 0.1) is 30.2 Å². The Balaban J connectivity index is 1.70. The molecule has 0 aromatic heterocycles. The predicted molar refractivity (Wildman–Crippen MR) is 119 cm³/mol. The van der Waals surface area contributed by atoms with Crippen molar-refractivity contribution in [3.63, 3.8) is 0 Å². The molecule has 0 aliphatic carbocycles. The highest BCUT2D eigenvalue weighted by atomic mass is 35.5. The number of carbonyl (C=O) groups is 2. The van der Waals surface area contributed by atoms with Crippen LogP contribution in [0.2, 0.25) is 5.02 Å². The second-order valence-corrected chi connectivity index (χ2v) is 7.85. The number of aryl methyl sites for hydroxylation is 1. The van der Waals surface area contributed by atoms with Gasteiger partial charge in [-0.1, -0.05) is 29.3 Å². The number of halogens is 1. The van der Waals surface area contributed by atoms with Crippen molar-refractivity contribution in [2.24, 2.45) is 0 Å². The molecule has 30 heavy (non-hydrogen) atoms. The first kappa shape index (κ1) is 22.1. The second kappa shape index (κ2) is 9.91. The van der Waals surface area contributed by atoms with Crippen molar-refractivity contribution in [1.82, 2.24) is 4.90 Å². The molecule has 6 nitrogen and oxygen atoms in total. The van der Waals surface area contributed by atoms with Crippen LogP contribution in [0.15, 0.2) is 41.3 Å². The van der Waals surface area contributed by atoms with E-state index >= 15 is 0 Å². The van der Waals surface area contributed by atoms with Crippen molar-refractivity contribution in [3.8, 4) is 17.2 Å². The molecule has 1 aliphatic rings. The van der Waals surface area contributed by atoms with Gasteiger partial charge in [-0.25, -0.2) is 0 Å². The van der Waals surface area contributed by atoms with E-state index in [-0.39, 0.29) is 24.3 Å². The highest BCUT2D eigenvalue weighted by Crippen LogP contribution is 2.37. The van der Waals surface area contributed by atoms with Gasteiger partial charge in [-0.3, -0.25) is 14.5 Å². The van der Waals surface area contributed by atoms with Gasteiger partial charge in [0.15, 0.2) is 11.5 Å². The molecule has 158 valence electrons. The third kappa shape index (κ3) is 5.09. The molecule has 0 radical (unpaired) electrons. The van der Waals surface area contributed by atoms with Gasteiger partial charge in [-0.15, -0.1) is 0 Å². The molecule has 0 unspecified atom stereocenters. The molecule has 1 aliphatic heterocycles. The molecule has 0 spiro atoms. The lowest BCUT2D eigenvalue weighted by atomic mass is 10.1. The minimum Gasteiger partial charge on any atom is -0.493 e. The van der Waals surface area contributed by atoms with Crippen LogP contribution in [0.4, 0.5) is 4.79 Å². The Morgan fingerprint density at radius 3 is 2.50 bits per heavy atom. The van der Waals surface area contributed by atoms with E-state index in [4.69, 9.17) is 25.8 Å². The number of methoxy groups -OCH3 is 1. The maximum atomic E-state index is 12.7. The number of benzene rings is 2. The summed E-state index contributed by atoms with van der Waals surface area (Å²) < 4.78 is 16.5. The number of ether oxygens (including phenoxy) is 3. The van der Waals surface area contributed by atoms with Crippen molar-refractivity contribution < 1.29 is 23.8 Å². The molecule has 0 N–H and O–H groups in total. The number of hydrogen-bond acceptors (Lipinski definition) is 6. The molecule has 0 bridgehead atoms. The largest absolute Gasteiger partial charge is 0.493 e. The lowest BCUT2D eigenvalue weighted by molar-refractivity contribution is -0.123. The van der Waals surface area contributed by atoms with Gasteiger partial charge in [0.1, 0.15) is 12.4 Å². The fraction of sp³-hybridized carbons (Fsp3) is 0.273. The van der Waals surface area contributed by atoms with Crippen molar-refractivity contribution in [3.05, 3.63) is 57.5 Å². The first-order valence-electron chi connectivity index (χ1n) is 9.38. The molecule has 1 saturated heterocycles. The number of nitrogens with zero attached hydrogens (tertiary/aromatic N) is 1. The maximum Gasteiger partial charge on any atom is 0.293 e. The Morgan fingerprint density at radius 2 is 1.83 bits per heavy atom. The van der Waals surface area contributed by atoms with Crippen molar-refractivity contribution in [1.29, 1.82) is 0 Å². The van der Waals surface area contributed by atoms with E-state index in [1.807, 2.05) is 38.1 Å². The summed E-state index contributed by atoms with van der Waals surface area (Å²) in [6.07, 6.45) is 1.59. The van der Waals surface area contributed by atoms with Crippen LogP contribution in [0.1, 0.15) is 18.1 Å². The van der Waals surface area contributed by atoms with Crippen LogP contribution >= 0.6 is 23.4 Å². The minimum atomic E-state index is -0.374. The van der Waals surface area contributed by atoms with E-state index in [1.54, 1.807) is 18.2 Å². The molecule has 8 heteroatoms. The van der Waals surface area contributed by atoms with Crippen molar-refractivity contribution in [2.45, 2.75) is 13.8 Å². The summed E-state index contributed by atoms with van der Waals surface area (Å²) in [6, 6.07) is 10.9. The average Bonchev–Trinajstić information content (AvgIpc) is 2.99. The third-order valence-electron chi connectivity index (χ3n) is 4.35. The molecule has 2 aromatic rings. The Labute approximate surface area is 184 Å². The summed E-state index contributed by atoms with van der Waals surface area (Å²) in [7, 11) is 1.53. The van der Waals surface area contributed by atoms with Crippen LogP contribution in [0.5, 0.6) is 17.2 Å². The quantitative estimate of drug-likeness (QED) is 0.520. The molecule has 0 saturated carbocycles. The minimum absolute atomic E-state index is 0.163. The summed E-state index contributed by atoms with van der Waals surface area (Å²) >= 11 is 7.21. The topological polar surface area (TPSA) is 65.1 Å². The zero-order valence-electron chi connectivity index (χ0n) is 16.9. The van der Waals surface area contributed by atoms with E-state index < -0.39 is 0 Å². The predicted octanol–water partition coefficient (Wildman–Crippen LogP) is 5.17. The molecular weight excluding hydrogens is 426 g/mol. The van der Waals surface area contributed by atoms with Gasteiger partial charge >= 0.3 is 0 Å². The van der Waals surface area contributed by atoms with Gasteiger partial charge in [0.25, 0.3) is 11.1 Å². The van der Waals surface area contributed by atoms with Crippen LogP contribution in [0.3, 0.4) is 0 Å². The first-order chi connectivity index (χ1) is 14.4. The number of hydrogen-bond donors (Lipinski definition) is 0. The summed E-state index contributed by atoms with van der Waals surface area (Å²) in [6.45, 7) is 4.69. The molecule has 2 amide bonds. The number of carbonyl (C=O) groups excluding carboxylic acids is 2. The smallest absolute Gasteiger partial charge is 0.293 e. The van der Waals surface area contributed by atoms with Crippen LogP contribution < -0.4 is 14.2 Å². The fourth-order valence-corrected chi connectivity index (χ4v) is 3.88. The van der Waals surface area contributed by atoms with E-state index in [2.05, 4.69) is 0 Å². The number of imide groups is 1. The molecular formula is C22H22ClNO5S. The van der Waals surface area contributed by atoms with Crippen LogP contribution in [-0.2, 0) is 4.79 Å². The van der Waals surface area contributed by atoms with Gasteiger partial charge in [0, 0.05) is 6.07 Å². The van der Waals surface area contributed by atoms with E-state index in [0.717, 1.165) is 17.3 Å². The molecule has 1 heterocycles. The zero-order valence-corrected chi connectivity index (χ0v) is 18.5. The number of amides is 2. The number of rotatable bonds is 8. The van der Waals surface area contributed by atoms with Gasteiger partial charge in [-0.2, -0.15) is 0 Å². The average molecular weight is 448 g/mol. The number of thioether (sulfide) groups is 1. The van der Waals surface area contributed by atoms with Crippen molar-refractivity contribution >= 4 is 40.6 Å². The maximum absolute atomic E-state index is 12.7. The Kier molecular flexibility index (Phi) is 7.29. The Morgan fingerprint density at radius 1 is 1.10 bits per heavy atom. The summed E-state index contributed by atoms with van der Waals surface area (Å²) in [5.41, 5.74) is 1.70. The van der Waals surface area contributed by atoms with Gasteiger partial charge < -0.3 is 14.2 Å². The van der Waals surface area contributed by atoms with E-state index in [1.165, 1.54) is 12.0 Å². The third-order valence-corrected chi connectivity index (χ3v) is 5.58. The SMILES string of the molecule is CCOc1cc(Cl)c(/C=C2\SC(=O)N(CCOc3ccc(C)cc3)C2=O)cc1OC. The second-order valence-electron chi connectivity index (χ2n) is 6.45. The molecule has 2 aromatic carbocycles. The highest BCUT2D eigenvalue weighted by molar-refractivity contribution is 8.18. The van der Waals surface area contributed by atoms with Crippen LogP contribution in [0, 0.1) is 6.92 Å². The fourth-order valence-electron chi connectivity index (χ4n) is 2.81. The van der Waals surface area contributed by atoms with Crippen molar-refractivity contribution in [2.75, 3.05) is 26.9 Å². The lowest BCUT2D eigenvalue weighted by Gasteiger charge is -2.13. The Bertz CT molecular complexity index is 974. The van der Waals surface area contributed by atoms with E-state index in [9.17, 15) is 9.59 Å². The summed E-state index contributed by atoms with van der Waals surface area (Å²) in [4.78, 5) is 26.5. The summed E-state index contributed by atoms with van der Waals surface area (Å²) in [5, 5.41) is 0.0570. The Hall–Kier alpha value is -2.64. The summed E-state index contributed by atoms with van der Waals surface area (Å²) in [5.74, 6) is 1.33. The first-order valence-corrected chi connectivity index (χ1v) is 10.6. The molecule has 3 rings (SSSR count). The van der Waals surface area contributed by atoms with Gasteiger partial charge in [0.2, 0.25) is 0 Å². The lowest BCUT2D eigenvalue weighted by Crippen LogP contribution is -2.32. The zero-order chi connectivity index (χ0) is 21.7. The highest BCUT2D eigenvalue weighted by Gasteiger charge is 2.35. The van der Waals surface area contributed by atoms with Crippen LogP contribution in [0.25, 0.3) is 6.08 Å². The van der Waals surface area contributed by atoms with E-state index in [0.29, 0.717) is 39.3 Å². The molecule has 1 fully saturated rings. The monoisotopic (exact) mass is 447 g/mol.